The van der Waals surface area contributed by atoms with Crippen molar-refractivity contribution < 1.29 is 22.0 Å². The number of benzene rings is 1. The Morgan fingerprint density at radius 3 is 2.72 bits per heavy atom. The van der Waals surface area contributed by atoms with Gasteiger partial charge in [0.2, 0.25) is 15.9 Å². The molecule has 7 nitrogen and oxygen atoms in total. The molecular formula is C14H13BrF2N4O3S. The van der Waals surface area contributed by atoms with Crippen molar-refractivity contribution in [2.24, 2.45) is 0 Å². The maximum Gasteiger partial charge on any atom is 0.244 e. The number of anilines is 2. The Hall–Kier alpha value is -2.11. The Bertz CT molecular complexity index is 909. The second kappa shape index (κ2) is 7.85. The van der Waals surface area contributed by atoms with E-state index in [1.165, 1.54) is 12.3 Å². The van der Waals surface area contributed by atoms with Crippen LogP contribution in [0, 0.1) is 11.6 Å². The van der Waals surface area contributed by atoms with E-state index in [2.05, 4.69) is 31.0 Å². The number of nitrogens with two attached hydrogens (primary N) is 1. The number of aromatic nitrogens is 1. The molecule has 0 saturated heterocycles. The fourth-order valence-electron chi connectivity index (χ4n) is 1.83. The van der Waals surface area contributed by atoms with Gasteiger partial charge in [-0.2, -0.15) is 0 Å². The van der Waals surface area contributed by atoms with Crippen LogP contribution in [0.3, 0.4) is 0 Å². The number of pyridine rings is 1. The van der Waals surface area contributed by atoms with E-state index in [4.69, 9.17) is 5.73 Å². The van der Waals surface area contributed by atoms with Crippen LogP contribution in [0.5, 0.6) is 0 Å². The average molecular weight is 435 g/mol. The minimum Gasteiger partial charge on any atom is -0.383 e. The number of amides is 1. The zero-order chi connectivity index (χ0) is 18.6. The minimum absolute atomic E-state index is 0.193. The molecule has 1 heterocycles. The van der Waals surface area contributed by atoms with E-state index in [-0.39, 0.29) is 29.4 Å². The first-order chi connectivity index (χ1) is 11.7. The Balaban J connectivity index is 1.96. The van der Waals surface area contributed by atoms with Gasteiger partial charge in [-0.05, 0) is 34.1 Å². The quantitative estimate of drug-likeness (QED) is 0.643. The molecule has 2 aromatic rings. The number of hydrogen-bond donors (Lipinski definition) is 3. The van der Waals surface area contributed by atoms with Gasteiger partial charge in [-0.3, -0.25) is 4.79 Å². The predicted octanol–water partition coefficient (Wildman–Crippen LogP) is 2.01. The Morgan fingerprint density at radius 1 is 1.28 bits per heavy atom. The highest BCUT2D eigenvalue weighted by Gasteiger charge is 2.19. The van der Waals surface area contributed by atoms with Crippen molar-refractivity contribution in [1.29, 1.82) is 0 Å². The lowest BCUT2D eigenvalue weighted by atomic mass is 10.3. The van der Waals surface area contributed by atoms with Gasteiger partial charge in [0, 0.05) is 29.7 Å². The number of hydrogen-bond acceptors (Lipinski definition) is 5. The number of nitrogens with zero attached hydrogens (tertiary/aromatic N) is 1. The molecule has 0 atom stereocenters. The Labute approximate surface area is 150 Å². The molecule has 2 rings (SSSR count). The van der Waals surface area contributed by atoms with E-state index in [1.54, 1.807) is 0 Å². The molecule has 0 spiro atoms. The van der Waals surface area contributed by atoms with Crippen LogP contribution in [0.25, 0.3) is 0 Å². The van der Waals surface area contributed by atoms with Crippen LogP contribution in [0.4, 0.5) is 20.3 Å². The Morgan fingerprint density at radius 2 is 2.00 bits per heavy atom. The fraction of sp³-hybridized carbons (Fsp3) is 0.143. The lowest BCUT2D eigenvalue weighted by Gasteiger charge is -2.09. The summed E-state index contributed by atoms with van der Waals surface area (Å²) in [5, 5.41) is 2.16. The van der Waals surface area contributed by atoms with Gasteiger partial charge in [0.15, 0.2) is 0 Å². The first-order valence-corrected chi connectivity index (χ1v) is 9.12. The van der Waals surface area contributed by atoms with Gasteiger partial charge >= 0.3 is 0 Å². The van der Waals surface area contributed by atoms with Crippen LogP contribution in [0.1, 0.15) is 6.42 Å². The first-order valence-electron chi connectivity index (χ1n) is 6.84. The predicted molar refractivity (Wildman–Crippen MR) is 91.1 cm³/mol. The smallest absolute Gasteiger partial charge is 0.244 e. The van der Waals surface area contributed by atoms with Gasteiger partial charge in [0.05, 0.1) is 5.69 Å². The van der Waals surface area contributed by atoms with E-state index in [0.717, 1.165) is 18.2 Å². The topological polar surface area (TPSA) is 114 Å². The molecule has 25 heavy (non-hydrogen) atoms. The molecule has 1 amide bonds. The molecule has 0 unspecified atom stereocenters. The highest BCUT2D eigenvalue weighted by Crippen LogP contribution is 2.20. The van der Waals surface area contributed by atoms with Crippen molar-refractivity contribution >= 4 is 43.4 Å². The molecule has 0 aliphatic rings. The van der Waals surface area contributed by atoms with Crippen molar-refractivity contribution in [3.05, 3.63) is 46.6 Å². The van der Waals surface area contributed by atoms with Gasteiger partial charge < -0.3 is 11.1 Å². The molecule has 0 bridgehead atoms. The standard InChI is InChI=1S/C14H13BrF2N4O3S/c15-8-5-12(14(18)19-7-8)25(23,24)20-4-3-13(22)21-11-6-9(16)1-2-10(11)17/h1-2,5-7,20H,3-4H2,(H2,18,19)(H,21,22). The fourth-order valence-corrected chi connectivity index (χ4v) is 3.45. The molecule has 4 N–H and O–H groups in total. The van der Waals surface area contributed by atoms with Gasteiger partial charge in [-0.15, -0.1) is 0 Å². The molecule has 1 aromatic carbocycles. The summed E-state index contributed by atoms with van der Waals surface area (Å²) in [6.45, 7) is -0.267. The van der Waals surface area contributed by atoms with Gasteiger partial charge in [0.1, 0.15) is 22.3 Å². The average Bonchev–Trinajstić information content (AvgIpc) is 2.53. The Kier molecular flexibility index (Phi) is 6.03. The normalized spacial score (nSPS) is 11.3. The third kappa shape index (κ3) is 5.18. The maximum absolute atomic E-state index is 13.4. The van der Waals surface area contributed by atoms with E-state index in [1.807, 2.05) is 0 Å². The first kappa shape index (κ1) is 19.2. The van der Waals surface area contributed by atoms with Gasteiger partial charge in [-0.25, -0.2) is 26.9 Å². The van der Waals surface area contributed by atoms with Crippen molar-refractivity contribution in [3.63, 3.8) is 0 Å². The van der Waals surface area contributed by atoms with Gasteiger partial charge in [0.25, 0.3) is 0 Å². The SMILES string of the molecule is Nc1ncc(Br)cc1S(=O)(=O)NCCC(=O)Nc1cc(F)ccc1F. The number of carbonyl (C=O) groups excluding carboxylic acids is 1. The van der Waals surface area contributed by atoms with E-state index in [9.17, 15) is 22.0 Å². The van der Waals surface area contributed by atoms with E-state index in [0.29, 0.717) is 4.47 Å². The second-order valence-corrected chi connectivity index (χ2v) is 7.51. The zero-order valence-corrected chi connectivity index (χ0v) is 15.0. The van der Waals surface area contributed by atoms with Crippen LogP contribution < -0.4 is 15.8 Å². The lowest BCUT2D eigenvalue weighted by molar-refractivity contribution is -0.116. The lowest BCUT2D eigenvalue weighted by Crippen LogP contribution is -2.28. The summed E-state index contributed by atoms with van der Waals surface area (Å²) in [4.78, 5) is 15.2. The number of carbonyl (C=O) groups is 1. The monoisotopic (exact) mass is 434 g/mol. The highest BCUT2D eigenvalue weighted by atomic mass is 79.9. The number of halogens is 3. The maximum atomic E-state index is 13.4. The highest BCUT2D eigenvalue weighted by molar-refractivity contribution is 9.10. The summed E-state index contributed by atoms with van der Waals surface area (Å²) in [6, 6.07) is 3.88. The number of rotatable bonds is 6. The van der Waals surface area contributed by atoms with Crippen molar-refractivity contribution in [3.8, 4) is 0 Å². The van der Waals surface area contributed by atoms with Crippen molar-refractivity contribution in [2.75, 3.05) is 17.6 Å². The summed E-state index contributed by atoms with van der Waals surface area (Å²) in [5.74, 6) is -2.40. The number of nitrogen functional groups attached to an aromatic ring is 1. The summed E-state index contributed by atoms with van der Waals surface area (Å²) in [5.41, 5.74) is 5.21. The van der Waals surface area contributed by atoms with Crippen molar-refractivity contribution in [1.82, 2.24) is 9.71 Å². The molecule has 134 valence electrons. The molecule has 1 aromatic heterocycles. The van der Waals surface area contributed by atoms with Crippen LogP contribution in [-0.2, 0) is 14.8 Å². The van der Waals surface area contributed by atoms with Gasteiger partial charge in [-0.1, -0.05) is 0 Å². The molecule has 0 saturated carbocycles. The molecule has 0 fully saturated rings. The molecule has 0 radical (unpaired) electrons. The number of nitrogens with one attached hydrogen (secondary N) is 2. The third-order valence-electron chi connectivity index (χ3n) is 2.98. The van der Waals surface area contributed by atoms with E-state index >= 15 is 0 Å². The van der Waals surface area contributed by atoms with Crippen molar-refractivity contribution in [2.45, 2.75) is 11.3 Å². The summed E-state index contributed by atoms with van der Waals surface area (Å²) in [6.07, 6.45) is 1.05. The molecular weight excluding hydrogens is 422 g/mol. The third-order valence-corrected chi connectivity index (χ3v) is 4.91. The van der Waals surface area contributed by atoms with Crippen LogP contribution >= 0.6 is 15.9 Å². The largest absolute Gasteiger partial charge is 0.383 e. The van der Waals surface area contributed by atoms with Crippen LogP contribution in [-0.4, -0.2) is 25.9 Å². The molecule has 0 aliphatic heterocycles. The molecule has 0 aliphatic carbocycles. The number of sulfonamides is 1. The van der Waals surface area contributed by atoms with Crippen LogP contribution in [0.2, 0.25) is 0 Å². The second-order valence-electron chi connectivity index (χ2n) is 4.86. The minimum atomic E-state index is -3.98. The summed E-state index contributed by atoms with van der Waals surface area (Å²) < 4.78 is 53.4. The van der Waals surface area contributed by atoms with Crippen LogP contribution in [0.15, 0.2) is 39.8 Å². The summed E-state index contributed by atoms with van der Waals surface area (Å²) >= 11 is 3.09. The molecule has 11 heteroatoms. The van der Waals surface area contributed by atoms with E-state index < -0.39 is 27.6 Å². The summed E-state index contributed by atoms with van der Waals surface area (Å²) in [7, 11) is -3.98. The zero-order valence-electron chi connectivity index (χ0n) is 12.6.